The number of ketones is 1. The van der Waals surface area contributed by atoms with Gasteiger partial charge in [-0.05, 0) is 25.3 Å². The first-order valence-corrected chi connectivity index (χ1v) is 5.98. The third-order valence-corrected chi connectivity index (χ3v) is 3.17. The van der Waals surface area contributed by atoms with Crippen LogP contribution in [0.5, 0.6) is 0 Å². The van der Waals surface area contributed by atoms with E-state index in [0.717, 1.165) is 5.57 Å². The summed E-state index contributed by atoms with van der Waals surface area (Å²) in [4.78, 5) is 25.6. The van der Waals surface area contributed by atoms with E-state index in [1.807, 2.05) is 27.9 Å². The van der Waals surface area contributed by atoms with Gasteiger partial charge in [0, 0.05) is 20.5 Å². The number of allylic oxidation sites excluding steroid dienone is 1. The minimum absolute atomic E-state index is 0.0187. The standard InChI is InChI=1S/C13H21NO3/c1-6-17-13(16)11-8(2)7-10(15)12(9(11)3)14(4)5/h8,11H,6-7H2,1-5H3. The summed E-state index contributed by atoms with van der Waals surface area (Å²) in [5, 5.41) is 0. The van der Waals surface area contributed by atoms with E-state index in [4.69, 9.17) is 4.74 Å². The molecule has 0 aliphatic heterocycles. The molecule has 1 aliphatic rings. The molecule has 4 nitrogen and oxygen atoms in total. The van der Waals surface area contributed by atoms with Crippen LogP contribution >= 0.6 is 0 Å². The number of hydrogen-bond acceptors (Lipinski definition) is 4. The van der Waals surface area contributed by atoms with Gasteiger partial charge in [-0.1, -0.05) is 6.92 Å². The first kappa shape index (κ1) is 13.7. The molecular weight excluding hydrogens is 218 g/mol. The summed E-state index contributed by atoms with van der Waals surface area (Å²) in [6, 6.07) is 0. The van der Waals surface area contributed by atoms with Gasteiger partial charge in [0.25, 0.3) is 0 Å². The van der Waals surface area contributed by atoms with Crippen LogP contribution in [0.15, 0.2) is 11.3 Å². The van der Waals surface area contributed by atoms with Gasteiger partial charge in [-0.3, -0.25) is 9.59 Å². The van der Waals surface area contributed by atoms with Crippen molar-refractivity contribution in [1.82, 2.24) is 4.90 Å². The van der Waals surface area contributed by atoms with Gasteiger partial charge in [-0.15, -0.1) is 0 Å². The van der Waals surface area contributed by atoms with Crippen molar-refractivity contribution in [2.75, 3.05) is 20.7 Å². The van der Waals surface area contributed by atoms with E-state index in [-0.39, 0.29) is 23.6 Å². The molecule has 1 rings (SSSR count). The van der Waals surface area contributed by atoms with Gasteiger partial charge in [0.2, 0.25) is 0 Å². The monoisotopic (exact) mass is 239 g/mol. The molecule has 0 aromatic carbocycles. The fraction of sp³-hybridized carbons (Fsp3) is 0.692. The summed E-state index contributed by atoms with van der Waals surface area (Å²) in [7, 11) is 3.66. The van der Waals surface area contributed by atoms with Gasteiger partial charge in [0.1, 0.15) is 0 Å². The molecule has 0 N–H and O–H groups in total. The summed E-state index contributed by atoms with van der Waals surface area (Å²) in [6.07, 6.45) is 0.411. The van der Waals surface area contributed by atoms with Crippen molar-refractivity contribution in [2.45, 2.75) is 27.2 Å². The normalized spacial score (nSPS) is 24.9. The third-order valence-electron chi connectivity index (χ3n) is 3.17. The lowest BCUT2D eigenvalue weighted by molar-refractivity contribution is -0.148. The third kappa shape index (κ3) is 2.68. The highest BCUT2D eigenvalue weighted by atomic mass is 16.5. The van der Waals surface area contributed by atoms with E-state index in [2.05, 4.69) is 0 Å². The predicted molar refractivity (Wildman–Crippen MR) is 65.3 cm³/mol. The molecule has 0 spiro atoms. The van der Waals surface area contributed by atoms with E-state index in [0.29, 0.717) is 18.7 Å². The van der Waals surface area contributed by atoms with Crippen molar-refractivity contribution >= 4 is 11.8 Å². The molecule has 1 aliphatic carbocycles. The molecule has 0 heterocycles. The van der Waals surface area contributed by atoms with Gasteiger partial charge in [0.05, 0.1) is 18.2 Å². The minimum Gasteiger partial charge on any atom is -0.466 e. The molecule has 17 heavy (non-hydrogen) atoms. The minimum atomic E-state index is -0.287. The number of likely N-dealkylation sites (N-methyl/N-ethyl adjacent to an activating group) is 1. The number of nitrogens with zero attached hydrogens (tertiary/aromatic N) is 1. The molecule has 0 aromatic heterocycles. The number of hydrogen-bond donors (Lipinski definition) is 0. The SMILES string of the molecule is CCOC(=O)C1C(C)=C(N(C)C)C(=O)CC1C. The molecule has 96 valence electrons. The number of carbonyl (C=O) groups is 2. The number of rotatable bonds is 3. The summed E-state index contributed by atoms with van der Waals surface area (Å²) < 4.78 is 5.08. The van der Waals surface area contributed by atoms with Crippen molar-refractivity contribution in [2.24, 2.45) is 11.8 Å². The molecule has 2 atom stereocenters. The predicted octanol–water partition coefficient (Wildman–Crippen LogP) is 1.61. The number of carbonyl (C=O) groups excluding carboxylic acids is 2. The van der Waals surface area contributed by atoms with Gasteiger partial charge in [-0.2, -0.15) is 0 Å². The van der Waals surface area contributed by atoms with Crippen LogP contribution < -0.4 is 0 Å². The Balaban J connectivity index is 3.11. The average molecular weight is 239 g/mol. The molecular formula is C13H21NO3. The molecule has 2 unspecified atom stereocenters. The average Bonchev–Trinajstić information content (AvgIpc) is 2.15. The Kier molecular flexibility index (Phi) is 4.32. The molecule has 4 heteroatoms. The second-order valence-electron chi connectivity index (χ2n) is 4.76. The van der Waals surface area contributed by atoms with Gasteiger partial charge in [0.15, 0.2) is 5.78 Å². The summed E-state index contributed by atoms with van der Waals surface area (Å²) >= 11 is 0. The lowest BCUT2D eigenvalue weighted by Crippen LogP contribution is -2.36. The number of esters is 1. The van der Waals surface area contributed by atoms with Crippen LogP contribution in [-0.4, -0.2) is 37.4 Å². The zero-order valence-electron chi connectivity index (χ0n) is 11.2. The molecule has 0 radical (unpaired) electrons. The van der Waals surface area contributed by atoms with Crippen LogP contribution in [-0.2, 0) is 14.3 Å². The maximum atomic E-state index is 11.9. The van der Waals surface area contributed by atoms with Crippen LogP contribution in [0.2, 0.25) is 0 Å². The van der Waals surface area contributed by atoms with E-state index in [1.54, 1.807) is 11.8 Å². The maximum Gasteiger partial charge on any atom is 0.313 e. The Hall–Kier alpha value is -1.32. The first-order valence-electron chi connectivity index (χ1n) is 5.98. The van der Waals surface area contributed by atoms with Crippen molar-refractivity contribution in [3.05, 3.63) is 11.3 Å². The van der Waals surface area contributed by atoms with Crippen LogP contribution in [0.25, 0.3) is 0 Å². The number of Topliss-reactive ketones (excluding diaryl/α,β-unsaturated/α-hetero) is 1. The van der Waals surface area contributed by atoms with E-state index < -0.39 is 0 Å². The molecule has 0 saturated heterocycles. The lowest BCUT2D eigenvalue weighted by Gasteiger charge is -2.32. The zero-order valence-corrected chi connectivity index (χ0v) is 11.2. The fourth-order valence-corrected chi connectivity index (χ4v) is 2.54. The second kappa shape index (κ2) is 5.34. The zero-order chi connectivity index (χ0) is 13.2. The largest absolute Gasteiger partial charge is 0.466 e. The maximum absolute atomic E-state index is 11.9. The highest BCUT2D eigenvalue weighted by Gasteiger charge is 2.37. The Morgan fingerprint density at radius 1 is 1.47 bits per heavy atom. The van der Waals surface area contributed by atoms with Crippen LogP contribution in [0.1, 0.15) is 27.2 Å². The van der Waals surface area contributed by atoms with Crippen LogP contribution in [0.4, 0.5) is 0 Å². The Morgan fingerprint density at radius 3 is 2.53 bits per heavy atom. The van der Waals surface area contributed by atoms with E-state index in [1.165, 1.54) is 0 Å². The molecule has 0 bridgehead atoms. The van der Waals surface area contributed by atoms with Crippen molar-refractivity contribution in [1.29, 1.82) is 0 Å². The highest BCUT2D eigenvalue weighted by Crippen LogP contribution is 2.34. The Morgan fingerprint density at radius 2 is 2.06 bits per heavy atom. The van der Waals surface area contributed by atoms with Gasteiger partial charge >= 0.3 is 5.97 Å². The summed E-state index contributed by atoms with van der Waals surface area (Å²) in [5.74, 6) is -0.375. The van der Waals surface area contributed by atoms with E-state index >= 15 is 0 Å². The summed E-state index contributed by atoms with van der Waals surface area (Å²) in [5.41, 5.74) is 1.48. The Labute approximate surface area is 103 Å². The Bertz CT molecular complexity index is 358. The summed E-state index contributed by atoms with van der Waals surface area (Å²) in [6.45, 7) is 5.95. The topological polar surface area (TPSA) is 46.6 Å². The smallest absolute Gasteiger partial charge is 0.313 e. The molecule has 0 fully saturated rings. The van der Waals surface area contributed by atoms with Gasteiger partial charge < -0.3 is 9.64 Å². The van der Waals surface area contributed by atoms with Crippen molar-refractivity contribution in [3.63, 3.8) is 0 Å². The first-order chi connectivity index (χ1) is 7.90. The lowest BCUT2D eigenvalue weighted by atomic mass is 9.77. The number of ether oxygens (including phenoxy) is 1. The molecule has 0 aromatic rings. The van der Waals surface area contributed by atoms with Crippen LogP contribution in [0, 0.1) is 11.8 Å². The molecule has 0 saturated carbocycles. The van der Waals surface area contributed by atoms with Crippen molar-refractivity contribution < 1.29 is 14.3 Å². The van der Waals surface area contributed by atoms with Gasteiger partial charge in [-0.25, -0.2) is 0 Å². The second-order valence-corrected chi connectivity index (χ2v) is 4.76. The van der Waals surface area contributed by atoms with Crippen LogP contribution in [0.3, 0.4) is 0 Å². The van der Waals surface area contributed by atoms with Crippen molar-refractivity contribution in [3.8, 4) is 0 Å². The molecule has 0 amide bonds. The fourth-order valence-electron chi connectivity index (χ4n) is 2.54. The highest BCUT2D eigenvalue weighted by molar-refractivity contribution is 5.98. The van der Waals surface area contributed by atoms with E-state index in [9.17, 15) is 9.59 Å². The quantitative estimate of drug-likeness (QED) is 0.702.